The number of rotatable bonds is 4. The summed E-state index contributed by atoms with van der Waals surface area (Å²) in [4.78, 5) is 51.4. The maximum absolute atomic E-state index is 12.4. The van der Waals surface area contributed by atoms with E-state index in [-0.39, 0.29) is 11.4 Å². The smallest absolute Gasteiger partial charge is 0.325 e. The number of amides is 1. The highest BCUT2D eigenvalue weighted by Gasteiger charge is 2.19. The Balaban J connectivity index is 2.06. The van der Waals surface area contributed by atoms with E-state index in [0.29, 0.717) is 5.75 Å². The summed E-state index contributed by atoms with van der Waals surface area (Å²) in [7, 11) is 1.40. The van der Waals surface area contributed by atoms with Crippen LogP contribution in [-0.4, -0.2) is 37.9 Å². The normalized spacial score (nSPS) is 10.4. The van der Waals surface area contributed by atoms with E-state index in [4.69, 9.17) is 4.74 Å². The van der Waals surface area contributed by atoms with Gasteiger partial charge >= 0.3 is 5.69 Å². The highest BCUT2D eigenvalue weighted by Crippen LogP contribution is 2.21. The first-order valence-electron chi connectivity index (χ1n) is 7.51. The minimum atomic E-state index is -0.964. The number of aromatic amines is 2. The molecule has 27 heavy (non-hydrogen) atoms. The van der Waals surface area contributed by atoms with Crippen molar-refractivity contribution in [2.45, 2.75) is 0 Å². The zero-order valence-corrected chi connectivity index (χ0v) is 13.8. The summed E-state index contributed by atoms with van der Waals surface area (Å²) >= 11 is 0. The molecular weight excluding hydrogens is 358 g/mol. The van der Waals surface area contributed by atoms with E-state index in [1.54, 1.807) is 24.3 Å². The van der Waals surface area contributed by atoms with Crippen LogP contribution in [0, 0.1) is 0 Å². The van der Waals surface area contributed by atoms with Crippen molar-refractivity contribution in [3.63, 3.8) is 0 Å². The van der Waals surface area contributed by atoms with Gasteiger partial charge in [-0.05, 0) is 12.1 Å². The van der Waals surface area contributed by atoms with Crippen LogP contribution in [0.3, 0.4) is 0 Å². The molecule has 3 rings (SSSR count). The number of H-pyrrole nitrogens is 2. The van der Waals surface area contributed by atoms with Gasteiger partial charge in [0.1, 0.15) is 17.1 Å². The number of para-hydroxylation sites is 2. The highest BCUT2D eigenvalue weighted by atomic mass is 16.5. The average molecular weight is 371 g/mol. The molecule has 0 spiro atoms. The monoisotopic (exact) mass is 371 g/mol. The van der Waals surface area contributed by atoms with Crippen LogP contribution in [0.1, 0.15) is 10.5 Å². The van der Waals surface area contributed by atoms with E-state index in [0.717, 1.165) is 16.9 Å². The number of benzene rings is 1. The van der Waals surface area contributed by atoms with Crippen molar-refractivity contribution in [3.05, 3.63) is 73.4 Å². The third-order valence-corrected chi connectivity index (χ3v) is 3.51. The van der Waals surface area contributed by atoms with Gasteiger partial charge in [-0.1, -0.05) is 12.1 Å². The van der Waals surface area contributed by atoms with Crippen molar-refractivity contribution < 1.29 is 14.6 Å². The Bertz CT molecular complexity index is 1190. The molecule has 0 aliphatic rings. The fraction of sp³-hybridized carbons (Fsp3) is 0.0625. The molecule has 0 aliphatic carbocycles. The standard InChI is InChI=1S/C16H13N5O6/c1-27-11-5-3-2-4-9(11)21-12(23)6-10(22)13(20-21)15(25)18-8-7-17-16(26)19-14(8)24/h2-7,22H,1H3,(H,18,25)(H2,17,19,24,26). The average Bonchev–Trinajstić information content (AvgIpc) is 2.64. The topological polar surface area (TPSA) is 159 Å². The van der Waals surface area contributed by atoms with Crippen molar-refractivity contribution in [1.82, 2.24) is 19.7 Å². The van der Waals surface area contributed by atoms with Crippen LogP contribution >= 0.6 is 0 Å². The molecule has 0 saturated carbocycles. The molecule has 0 unspecified atom stereocenters. The van der Waals surface area contributed by atoms with E-state index in [1.165, 1.54) is 7.11 Å². The molecule has 4 N–H and O–H groups in total. The maximum atomic E-state index is 12.4. The molecule has 0 aliphatic heterocycles. The zero-order valence-electron chi connectivity index (χ0n) is 13.8. The van der Waals surface area contributed by atoms with Gasteiger partial charge in [0, 0.05) is 12.3 Å². The fourth-order valence-electron chi connectivity index (χ4n) is 2.27. The molecule has 11 heteroatoms. The number of carbonyl (C=O) groups is 1. The molecule has 2 heterocycles. The minimum absolute atomic E-state index is 0.251. The molecule has 2 aromatic heterocycles. The number of aromatic hydroxyl groups is 1. The van der Waals surface area contributed by atoms with Crippen LogP contribution in [0.4, 0.5) is 5.69 Å². The number of carbonyl (C=O) groups excluding carboxylic acids is 1. The van der Waals surface area contributed by atoms with E-state index in [1.807, 2.05) is 4.98 Å². The fourth-order valence-corrected chi connectivity index (χ4v) is 2.27. The van der Waals surface area contributed by atoms with E-state index in [2.05, 4.69) is 15.4 Å². The Kier molecular flexibility index (Phi) is 4.58. The number of ether oxygens (including phenoxy) is 1. The predicted molar refractivity (Wildman–Crippen MR) is 93.7 cm³/mol. The van der Waals surface area contributed by atoms with Gasteiger partial charge in [-0.3, -0.25) is 19.4 Å². The first-order chi connectivity index (χ1) is 12.9. The Hall–Kier alpha value is -4.15. The first kappa shape index (κ1) is 17.7. The third kappa shape index (κ3) is 3.46. The van der Waals surface area contributed by atoms with Gasteiger partial charge in [-0.2, -0.15) is 9.78 Å². The number of hydrogen-bond acceptors (Lipinski definition) is 7. The lowest BCUT2D eigenvalue weighted by atomic mass is 10.3. The van der Waals surface area contributed by atoms with Crippen molar-refractivity contribution in [3.8, 4) is 17.2 Å². The summed E-state index contributed by atoms with van der Waals surface area (Å²) in [5, 5.41) is 16.0. The van der Waals surface area contributed by atoms with Gasteiger partial charge < -0.3 is 20.1 Å². The Morgan fingerprint density at radius 2 is 2.00 bits per heavy atom. The molecule has 0 saturated heterocycles. The third-order valence-electron chi connectivity index (χ3n) is 3.51. The summed E-state index contributed by atoms with van der Waals surface area (Å²) in [6.07, 6.45) is 0.992. The van der Waals surface area contributed by atoms with E-state index in [9.17, 15) is 24.3 Å². The Morgan fingerprint density at radius 3 is 2.70 bits per heavy atom. The Labute approximate surface area is 149 Å². The number of nitrogens with one attached hydrogen (secondary N) is 3. The lowest BCUT2D eigenvalue weighted by Crippen LogP contribution is -2.29. The molecule has 11 nitrogen and oxygen atoms in total. The lowest BCUT2D eigenvalue weighted by molar-refractivity contribution is 0.101. The van der Waals surface area contributed by atoms with Gasteiger partial charge in [0.2, 0.25) is 0 Å². The lowest BCUT2D eigenvalue weighted by Gasteiger charge is -2.11. The van der Waals surface area contributed by atoms with E-state index >= 15 is 0 Å². The van der Waals surface area contributed by atoms with Gasteiger partial charge in [-0.15, -0.1) is 0 Å². The molecule has 3 aromatic rings. The zero-order chi connectivity index (χ0) is 19.6. The molecule has 0 fully saturated rings. The van der Waals surface area contributed by atoms with Crippen molar-refractivity contribution in [2.75, 3.05) is 12.4 Å². The molecule has 138 valence electrons. The summed E-state index contributed by atoms with van der Waals surface area (Å²) in [6, 6.07) is 7.27. The van der Waals surface area contributed by atoms with Crippen LogP contribution in [0.25, 0.3) is 5.69 Å². The number of nitrogens with zero attached hydrogens (tertiary/aromatic N) is 2. The number of anilines is 1. The van der Waals surface area contributed by atoms with Crippen molar-refractivity contribution in [1.29, 1.82) is 0 Å². The maximum Gasteiger partial charge on any atom is 0.325 e. The number of aromatic nitrogens is 4. The van der Waals surface area contributed by atoms with Crippen LogP contribution in [0.15, 0.2) is 50.9 Å². The van der Waals surface area contributed by atoms with Gasteiger partial charge in [0.15, 0.2) is 11.4 Å². The molecule has 0 atom stereocenters. The SMILES string of the molecule is COc1ccccc1-n1nc(C(=O)Nc2c[nH]c(=O)[nH]c2=O)c(O)cc1=O. The van der Waals surface area contributed by atoms with Crippen molar-refractivity contribution in [2.24, 2.45) is 0 Å². The van der Waals surface area contributed by atoms with Gasteiger partial charge in [0.05, 0.1) is 7.11 Å². The Morgan fingerprint density at radius 1 is 1.26 bits per heavy atom. The molecule has 0 radical (unpaired) electrons. The van der Waals surface area contributed by atoms with Gasteiger partial charge in [0.25, 0.3) is 17.0 Å². The van der Waals surface area contributed by atoms with Crippen LogP contribution in [0.2, 0.25) is 0 Å². The predicted octanol–water partition coefficient (Wildman–Crippen LogP) is -0.424. The second-order valence-corrected chi connectivity index (χ2v) is 5.24. The second-order valence-electron chi connectivity index (χ2n) is 5.24. The van der Waals surface area contributed by atoms with Crippen LogP contribution < -0.4 is 26.9 Å². The quantitative estimate of drug-likeness (QED) is 0.484. The molecule has 1 amide bonds. The minimum Gasteiger partial charge on any atom is -0.505 e. The molecule has 1 aromatic carbocycles. The number of hydrogen-bond donors (Lipinski definition) is 4. The summed E-state index contributed by atoms with van der Waals surface area (Å²) < 4.78 is 6.05. The highest BCUT2D eigenvalue weighted by molar-refractivity contribution is 6.04. The summed E-state index contributed by atoms with van der Waals surface area (Å²) in [6.45, 7) is 0. The van der Waals surface area contributed by atoms with Crippen LogP contribution in [-0.2, 0) is 0 Å². The van der Waals surface area contributed by atoms with Crippen LogP contribution in [0.5, 0.6) is 11.5 Å². The van der Waals surface area contributed by atoms with Gasteiger partial charge in [-0.25, -0.2) is 4.79 Å². The first-order valence-corrected chi connectivity index (χ1v) is 7.51. The summed E-state index contributed by atoms with van der Waals surface area (Å²) in [5.74, 6) is -1.32. The van der Waals surface area contributed by atoms with E-state index < -0.39 is 34.2 Å². The summed E-state index contributed by atoms with van der Waals surface area (Å²) in [5.41, 5.74) is -2.81. The van der Waals surface area contributed by atoms with Crippen molar-refractivity contribution >= 4 is 11.6 Å². The largest absolute Gasteiger partial charge is 0.505 e. The number of methoxy groups -OCH3 is 1. The second kappa shape index (κ2) is 7.00. The molecular formula is C16H13N5O6. The molecule has 0 bridgehead atoms.